The summed E-state index contributed by atoms with van der Waals surface area (Å²) in [5.41, 5.74) is 2.01. The van der Waals surface area contributed by atoms with Crippen LogP contribution in [0.15, 0.2) is 4.47 Å². The number of carbonyl (C=O) groups excluding carboxylic acids is 2. The molecule has 1 aliphatic carbocycles. The van der Waals surface area contributed by atoms with Gasteiger partial charge < -0.3 is 14.6 Å². The highest BCUT2D eigenvalue weighted by Crippen LogP contribution is 2.56. The Kier molecular flexibility index (Phi) is 9.42. The van der Waals surface area contributed by atoms with Gasteiger partial charge in [-0.3, -0.25) is 14.4 Å². The first-order valence-electron chi connectivity index (χ1n) is 12.8. The Hall–Kier alpha value is -1.41. The van der Waals surface area contributed by atoms with Crippen LogP contribution in [0.25, 0.3) is 0 Å². The molecule has 2 unspecified atom stereocenters. The predicted octanol–water partition coefficient (Wildman–Crippen LogP) is 5.07. The number of carbonyl (C=O) groups is 2. The molecule has 1 aromatic rings. The zero-order chi connectivity index (χ0) is 26.0. The molecular formula is C26H46BrN5O2. The maximum atomic E-state index is 11.8. The summed E-state index contributed by atoms with van der Waals surface area (Å²) in [6.45, 7) is 24.6. The molecule has 2 saturated heterocycles. The molecule has 194 valence electrons. The zero-order valence-corrected chi connectivity index (χ0v) is 24.6. The normalized spacial score (nSPS) is 24.3. The first-order chi connectivity index (χ1) is 15.8. The Morgan fingerprint density at radius 2 is 1.59 bits per heavy atom. The van der Waals surface area contributed by atoms with Gasteiger partial charge in [-0.05, 0) is 82.7 Å². The van der Waals surface area contributed by atoms with Crippen molar-refractivity contribution in [3.05, 3.63) is 10.2 Å². The van der Waals surface area contributed by atoms with E-state index in [0.717, 1.165) is 29.7 Å². The monoisotopic (exact) mass is 539 g/mol. The smallest absolute Gasteiger partial charge is 0.219 e. The second kappa shape index (κ2) is 11.1. The van der Waals surface area contributed by atoms with E-state index in [9.17, 15) is 4.79 Å². The average Bonchev–Trinajstić information content (AvgIpc) is 2.95. The first-order valence-corrected chi connectivity index (χ1v) is 13.6. The van der Waals surface area contributed by atoms with Gasteiger partial charge in [0.25, 0.3) is 0 Å². The lowest BCUT2D eigenvalue weighted by atomic mass is 9.59. The molecule has 0 bridgehead atoms. The highest BCUT2D eigenvalue weighted by Gasteiger charge is 2.55. The molecular weight excluding hydrogens is 494 g/mol. The minimum Gasteiger partial charge on any atom is -0.345 e. The van der Waals surface area contributed by atoms with Crippen molar-refractivity contribution in [3.63, 3.8) is 0 Å². The van der Waals surface area contributed by atoms with Crippen LogP contribution in [-0.4, -0.2) is 75.6 Å². The molecule has 34 heavy (non-hydrogen) atoms. The summed E-state index contributed by atoms with van der Waals surface area (Å²) in [5, 5.41) is 5.10. The molecule has 4 rings (SSSR count). The summed E-state index contributed by atoms with van der Waals surface area (Å²) in [6.07, 6.45) is 3.22. The lowest BCUT2D eigenvalue weighted by molar-refractivity contribution is -0.130. The van der Waals surface area contributed by atoms with Gasteiger partial charge in [-0.2, -0.15) is 5.10 Å². The SMILES string of the molecule is CC.CC(=O)N1CC(C)N(c2nn(C3CC4(C3)CN(C(C)(C)C)C4)c(C)c2Br)C(C)C1.CC=O. The van der Waals surface area contributed by atoms with Crippen LogP contribution >= 0.6 is 15.9 Å². The summed E-state index contributed by atoms with van der Waals surface area (Å²) in [5.74, 6) is 1.20. The number of likely N-dealkylation sites (tertiary alicyclic amines) is 1. The predicted molar refractivity (Wildman–Crippen MR) is 143 cm³/mol. The van der Waals surface area contributed by atoms with Gasteiger partial charge in [-0.15, -0.1) is 0 Å². The second-order valence-electron chi connectivity index (χ2n) is 11.0. The fourth-order valence-electron chi connectivity index (χ4n) is 5.61. The molecule has 3 heterocycles. The molecule has 1 aromatic heterocycles. The van der Waals surface area contributed by atoms with Crippen LogP contribution in [-0.2, 0) is 9.59 Å². The van der Waals surface area contributed by atoms with Gasteiger partial charge in [0.1, 0.15) is 6.29 Å². The number of aldehydes is 1. The highest BCUT2D eigenvalue weighted by molar-refractivity contribution is 9.10. The molecule has 3 aliphatic rings. The number of piperazine rings is 1. The lowest BCUT2D eigenvalue weighted by Crippen LogP contribution is -2.67. The molecule has 2 atom stereocenters. The zero-order valence-electron chi connectivity index (χ0n) is 23.0. The molecule has 1 amide bonds. The van der Waals surface area contributed by atoms with Crippen LogP contribution in [0.4, 0.5) is 5.82 Å². The number of halogens is 1. The van der Waals surface area contributed by atoms with Gasteiger partial charge in [-0.25, -0.2) is 0 Å². The number of nitrogens with zero attached hydrogens (tertiary/aromatic N) is 5. The highest BCUT2D eigenvalue weighted by atomic mass is 79.9. The molecule has 2 aliphatic heterocycles. The van der Waals surface area contributed by atoms with Gasteiger partial charge >= 0.3 is 0 Å². The molecule has 1 saturated carbocycles. The molecule has 0 aromatic carbocycles. The van der Waals surface area contributed by atoms with Gasteiger partial charge in [-0.1, -0.05) is 13.8 Å². The van der Waals surface area contributed by atoms with E-state index in [1.807, 2.05) is 18.7 Å². The van der Waals surface area contributed by atoms with Crippen molar-refractivity contribution < 1.29 is 9.59 Å². The van der Waals surface area contributed by atoms with Crippen LogP contribution in [0.1, 0.15) is 86.9 Å². The van der Waals surface area contributed by atoms with E-state index in [4.69, 9.17) is 9.89 Å². The summed E-state index contributed by atoms with van der Waals surface area (Å²) in [7, 11) is 0. The van der Waals surface area contributed by atoms with Gasteiger partial charge in [0.05, 0.1) is 16.2 Å². The third kappa shape index (κ3) is 5.69. The Morgan fingerprint density at radius 1 is 1.12 bits per heavy atom. The second-order valence-corrected chi connectivity index (χ2v) is 11.8. The third-order valence-corrected chi connectivity index (χ3v) is 8.28. The summed E-state index contributed by atoms with van der Waals surface area (Å²) >= 11 is 3.84. The van der Waals surface area contributed by atoms with Crippen molar-refractivity contribution in [3.8, 4) is 0 Å². The van der Waals surface area contributed by atoms with Crippen molar-refractivity contribution in [2.45, 2.75) is 106 Å². The number of hydrogen-bond acceptors (Lipinski definition) is 5. The topological polar surface area (TPSA) is 61.7 Å². The van der Waals surface area contributed by atoms with E-state index < -0.39 is 0 Å². The van der Waals surface area contributed by atoms with Crippen molar-refractivity contribution >= 4 is 33.9 Å². The van der Waals surface area contributed by atoms with Crippen LogP contribution in [0.3, 0.4) is 0 Å². The fourth-order valence-corrected chi connectivity index (χ4v) is 6.08. The molecule has 1 spiro atoms. The van der Waals surface area contributed by atoms with Crippen molar-refractivity contribution in [2.24, 2.45) is 5.41 Å². The number of anilines is 1. The quantitative estimate of drug-likeness (QED) is 0.491. The van der Waals surface area contributed by atoms with Crippen LogP contribution < -0.4 is 4.90 Å². The number of rotatable bonds is 2. The maximum absolute atomic E-state index is 11.8. The van der Waals surface area contributed by atoms with Crippen LogP contribution in [0, 0.1) is 12.3 Å². The van der Waals surface area contributed by atoms with E-state index in [0.29, 0.717) is 11.5 Å². The minimum absolute atomic E-state index is 0.161. The Bertz CT molecular complexity index is 836. The minimum atomic E-state index is 0.161. The van der Waals surface area contributed by atoms with Crippen molar-refractivity contribution in [2.75, 3.05) is 31.1 Å². The van der Waals surface area contributed by atoms with E-state index in [1.54, 1.807) is 6.92 Å². The average molecular weight is 541 g/mol. The maximum Gasteiger partial charge on any atom is 0.219 e. The molecule has 7 nitrogen and oxygen atoms in total. The first kappa shape index (κ1) is 28.8. The van der Waals surface area contributed by atoms with Crippen molar-refractivity contribution in [1.82, 2.24) is 19.6 Å². The summed E-state index contributed by atoms with van der Waals surface area (Å²) < 4.78 is 3.37. The van der Waals surface area contributed by atoms with Crippen LogP contribution in [0.2, 0.25) is 0 Å². The van der Waals surface area contributed by atoms with E-state index in [-0.39, 0.29) is 23.5 Å². The Labute approximate surface area is 215 Å². The Balaban J connectivity index is 0.000000758. The van der Waals surface area contributed by atoms with E-state index >= 15 is 0 Å². The van der Waals surface area contributed by atoms with Gasteiger partial charge in [0.2, 0.25) is 5.91 Å². The molecule has 3 fully saturated rings. The van der Waals surface area contributed by atoms with E-state index in [1.165, 1.54) is 38.5 Å². The largest absolute Gasteiger partial charge is 0.345 e. The number of hydrogen-bond donors (Lipinski definition) is 0. The number of aromatic nitrogens is 2. The molecule has 0 radical (unpaired) electrons. The summed E-state index contributed by atoms with van der Waals surface area (Å²) in [4.78, 5) is 27.6. The van der Waals surface area contributed by atoms with Gasteiger partial charge in [0, 0.05) is 50.7 Å². The van der Waals surface area contributed by atoms with E-state index in [2.05, 4.69) is 72.0 Å². The summed E-state index contributed by atoms with van der Waals surface area (Å²) in [6, 6.07) is 1.01. The third-order valence-electron chi connectivity index (χ3n) is 7.35. The van der Waals surface area contributed by atoms with Crippen molar-refractivity contribution in [1.29, 1.82) is 0 Å². The molecule has 0 N–H and O–H groups in total. The van der Waals surface area contributed by atoms with Crippen LogP contribution in [0.5, 0.6) is 0 Å². The standard InChI is InChI=1S/C22H36BrN5O.C2H4O.C2H6/c1-14-10-25(17(4)29)11-15(2)27(14)20-19(23)16(3)28(24-20)18-8-22(9-18)12-26(13-22)21(5,6)7;1-2-3;1-2/h14-15,18H,8-13H2,1-7H3;2H,1H3;1-2H3. The lowest BCUT2D eigenvalue weighted by Gasteiger charge is -2.62. The molecule has 8 heteroatoms. The number of amides is 1. The Morgan fingerprint density at radius 3 is 2.00 bits per heavy atom. The van der Waals surface area contributed by atoms with Gasteiger partial charge in [0.15, 0.2) is 5.82 Å². The fraction of sp³-hybridized carbons (Fsp3) is 0.808.